The number of likely N-dealkylation sites (tertiary alicyclic amines) is 1. The Morgan fingerprint density at radius 2 is 1.78 bits per heavy atom. The number of aryl methyl sites for hydroxylation is 1. The normalized spacial score (nSPS) is 15.0. The van der Waals surface area contributed by atoms with Crippen LogP contribution in [-0.4, -0.2) is 61.1 Å². The molecule has 0 radical (unpaired) electrons. The molecule has 1 unspecified atom stereocenters. The lowest BCUT2D eigenvalue weighted by Gasteiger charge is -2.33. The molecule has 1 fully saturated rings. The average molecular weight is 511 g/mol. The minimum absolute atomic E-state index is 0.0275. The zero-order chi connectivity index (χ0) is 27.4. The predicted molar refractivity (Wildman–Crippen MR) is 150 cm³/mol. The molecule has 2 aromatic carbocycles. The first-order valence-electron chi connectivity index (χ1n) is 13.7. The minimum atomic E-state index is -0.490. The van der Waals surface area contributed by atoms with E-state index in [1.165, 1.54) is 5.56 Å². The third-order valence-corrected chi connectivity index (χ3v) is 7.02. The smallest absolute Gasteiger partial charge is 0.251 e. The van der Waals surface area contributed by atoms with Gasteiger partial charge >= 0.3 is 0 Å². The Morgan fingerprint density at radius 3 is 2.43 bits per heavy atom. The molecule has 1 aliphatic rings. The number of carbonyl (C=O) groups is 2. The molecule has 1 heterocycles. The van der Waals surface area contributed by atoms with Gasteiger partial charge < -0.3 is 20.1 Å². The number of nitrogens with one attached hydrogen (secondary N) is 1. The average Bonchev–Trinajstić information content (AvgIpc) is 2.91. The molecule has 0 bridgehead atoms. The maximum absolute atomic E-state index is 12.6. The Balaban J connectivity index is 0.00000235. The lowest BCUT2D eigenvalue weighted by Crippen LogP contribution is -2.39. The fraction of sp³-hybridized carbons (Fsp3) is 0.548. The Morgan fingerprint density at radius 1 is 1.11 bits per heavy atom. The van der Waals surface area contributed by atoms with Crippen LogP contribution in [0, 0.1) is 12.8 Å². The lowest BCUT2D eigenvalue weighted by atomic mass is 9.88. The number of para-hydroxylation sites is 1. The fourth-order valence-corrected chi connectivity index (χ4v) is 4.67. The topological polar surface area (TPSA) is 78.9 Å². The second-order valence-corrected chi connectivity index (χ2v) is 9.95. The number of carbonyl (C=O) groups excluding carboxylic acids is 2. The largest absolute Gasteiger partial charge is 0.496 e. The lowest BCUT2D eigenvalue weighted by molar-refractivity contribution is -0.121. The van der Waals surface area contributed by atoms with Crippen molar-refractivity contribution < 1.29 is 19.4 Å². The van der Waals surface area contributed by atoms with E-state index < -0.39 is 6.10 Å². The number of aliphatic hydroxyl groups excluding tert-OH is 1. The van der Waals surface area contributed by atoms with Crippen LogP contribution in [-0.2, 0) is 11.2 Å². The summed E-state index contributed by atoms with van der Waals surface area (Å²) < 4.78 is 5.52. The van der Waals surface area contributed by atoms with Crippen LogP contribution < -0.4 is 10.1 Å². The van der Waals surface area contributed by atoms with E-state index in [9.17, 15) is 14.7 Å². The first-order chi connectivity index (χ1) is 17.8. The van der Waals surface area contributed by atoms with Gasteiger partial charge in [0.1, 0.15) is 11.5 Å². The van der Waals surface area contributed by atoms with Crippen molar-refractivity contribution in [1.82, 2.24) is 10.2 Å². The molecule has 3 rings (SSSR count). The van der Waals surface area contributed by atoms with Gasteiger partial charge in [0.15, 0.2) is 0 Å². The van der Waals surface area contributed by atoms with Gasteiger partial charge in [-0.15, -0.1) is 0 Å². The van der Waals surface area contributed by atoms with Crippen LogP contribution in [0.3, 0.4) is 0 Å². The number of ether oxygens (including phenoxy) is 1. The number of nitrogens with zero attached hydrogens (tertiary/aromatic N) is 1. The van der Waals surface area contributed by atoms with Crippen molar-refractivity contribution in [2.24, 2.45) is 5.92 Å². The summed E-state index contributed by atoms with van der Waals surface area (Å²) in [6.07, 6.45) is 2.44. The molecule has 1 aliphatic heterocycles. The van der Waals surface area contributed by atoms with Crippen LogP contribution in [0.4, 0.5) is 0 Å². The van der Waals surface area contributed by atoms with Crippen molar-refractivity contribution in [3.63, 3.8) is 0 Å². The predicted octanol–water partition coefficient (Wildman–Crippen LogP) is 5.16. The van der Waals surface area contributed by atoms with Gasteiger partial charge in [0.05, 0.1) is 13.2 Å². The number of ketones is 1. The van der Waals surface area contributed by atoms with E-state index in [-0.39, 0.29) is 17.6 Å². The summed E-state index contributed by atoms with van der Waals surface area (Å²) >= 11 is 0. The molecule has 1 amide bonds. The Bertz CT molecular complexity index is 996. The standard InChI is InChI=1S/C29H40N2O4.C2H6/c1-20(2)27(33)18-24-17-23(10-9-21(24)3)29(34)30-14-11-25(32)19-31-15-12-22(13-16-31)26-7-5-6-8-28(26)35-4;1-2/h5-10,17,20,22,25,32H,11-16,18-19H2,1-4H3,(H,30,34);1-2H3. The fourth-order valence-electron chi connectivity index (χ4n) is 4.67. The van der Waals surface area contributed by atoms with Gasteiger partial charge in [-0.1, -0.05) is 52.0 Å². The monoisotopic (exact) mass is 510 g/mol. The third kappa shape index (κ3) is 9.28. The SMILES string of the molecule is CC.COc1ccccc1C1CCN(CC(O)CCNC(=O)c2ccc(C)c(CC(=O)C(C)C)c2)CC1. The molecule has 6 heteroatoms. The molecular formula is C31H46N2O4. The third-order valence-electron chi connectivity index (χ3n) is 7.02. The van der Waals surface area contributed by atoms with Crippen molar-refractivity contribution in [1.29, 1.82) is 0 Å². The maximum Gasteiger partial charge on any atom is 0.251 e. The number of amides is 1. The van der Waals surface area contributed by atoms with Crippen molar-refractivity contribution >= 4 is 11.7 Å². The number of hydrogen-bond acceptors (Lipinski definition) is 5. The number of piperidine rings is 1. The van der Waals surface area contributed by atoms with Crippen LogP contribution in [0.1, 0.15) is 79.9 Å². The van der Waals surface area contributed by atoms with Gasteiger partial charge in [-0.05, 0) is 80.1 Å². The van der Waals surface area contributed by atoms with Gasteiger partial charge in [0, 0.05) is 31.0 Å². The molecule has 1 atom stereocenters. The maximum atomic E-state index is 12.6. The van der Waals surface area contributed by atoms with E-state index in [1.807, 2.05) is 58.9 Å². The molecule has 37 heavy (non-hydrogen) atoms. The summed E-state index contributed by atoms with van der Waals surface area (Å²) in [6.45, 7) is 12.6. The van der Waals surface area contributed by atoms with Crippen LogP contribution in [0.15, 0.2) is 42.5 Å². The van der Waals surface area contributed by atoms with E-state index in [1.54, 1.807) is 13.2 Å². The number of rotatable bonds is 11. The van der Waals surface area contributed by atoms with E-state index in [2.05, 4.69) is 22.3 Å². The molecule has 2 aromatic rings. The molecular weight excluding hydrogens is 464 g/mol. The van der Waals surface area contributed by atoms with Crippen molar-refractivity contribution in [3.05, 3.63) is 64.7 Å². The van der Waals surface area contributed by atoms with Crippen LogP contribution in [0.5, 0.6) is 5.75 Å². The highest BCUT2D eigenvalue weighted by Crippen LogP contribution is 2.34. The van der Waals surface area contributed by atoms with Gasteiger partial charge in [0.25, 0.3) is 5.91 Å². The second kappa shape index (κ2) is 15.5. The Hall–Kier alpha value is -2.70. The van der Waals surface area contributed by atoms with E-state index >= 15 is 0 Å². The quantitative estimate of drug-likeness (QED) is 0.437. The number of methoxy groups -OCH3 is 1. The van der Waals surface area contributed by atoms with E-state index in [0.717, 1.165) is 42.8 Å². The van der Waals surface area contributed by atoms with Crippen molar-refractivity contribution in [3.8, 4) is 5.75 Å². The van der Waals surface area contributed by atoms with E-state index in [4.69, 9.17) is 4.74 Å². The van der Waals surface area contributed by atoms with Gasteiger partial charge in [-0.25, -0.2) is 0 Å². The molecule has 0 saturated carbocycles. The molecule has 204 valence electrons. The molecule has 0 aromatic heterocycles. The minimum Gasteiger partial charge on any atom is -0.496 e. The summed E-state index contributed by atoms with van der Waals surface area (Å²) in [5, 5.41) is 13.4. The number of hydrogen-bond donors (Lipinski definition) is 2. The van der Waals surface area contributed by atoms with Crippen molar-refractivity contribution in [2.75, 3.05) is 33.3 Å². The highest BCUT2D eigenvalue weighted by Gasteiger charge is 2.24. The summed E-state index contributed by atoms with van der Waals surface area (Å²) in [4.78, 5) is 27.1. The summed E-state index contributed by atoms with van der Waals surface area (Å²) in [6, 6.07) is 13.7. The second-order valence-electron chi connectivity index (χ2n) is 9.95. The van der Waals surface area contributed by atoms with Gasteiger partial charge in [-0.3, -0.25) is 9.59 Å². The molecule has 2 N–H and O–H groups in total. The molecule has 6 nitrogen and oxygen atoms in total. The van der Waals surface area contributed by atoms with Crippen LogP contribution in [0.2, 0.25) is 0 Å². The Labute approximate surface area is 223 Å². The highest BCUT2D eigenvalue weighted by molar-refractivity contribution is 5.94. The molecule has 0 aliphatic carbocycles. The van der Waals surface area contributed by atoms with Crippen LogP contribution >= 0.6 is 0 Å². The zero-order valence-corrected chi connectivity index (χ0v) is 23.5. The van der Waals surface area contributed by atoms with Crippen molar-refractivity contribution in [2.45, 2.75) is 72.3 Å². The Kier molecular flexibility index (Phi) is 12.8. The first kappa shape index (κ1) is 30.5. The summed E-state index contributed by atoms with van der Waals surface area (Å²) in [7, 11) is 1.72. The van der Waals surface area contributed by atoms with Gasteiger partial charge in [-0.2, -0.15) is 0 Å². The number of β-amino-alcohol motifs (C(OH)–C–C–N with tert-alkyl or cyclic N) is 1. The van der Waals surface area contributed by atoms with Crippen LogP contribution in [0.25, 0.3) is 0 Å². The highest BCUT2D eigenvalue weighted by atomic mass is 16.5. The first-order valence-corrected chi connectivity index (χ1v) is 13.7. The van der Waals surface area contributed by atoms with E-state index in [0.29, 0.717) is 37.4 Å². The molecule has 0 spiro atoms. The zero-order valence-electron chi connectivity index (χ0n) is 23.5. The number of Topliss-reactive ketones (excluding diaryl/α,β-unsaturated/α-hetero) is 1. The number of aliphatic hydroxyl groups is 1. The summed E-state index contributed by atoms with van der Waals surface area (Å²) in [5.41, 5.74) is 3.73. The number of benzene rings is 2. The van der Waals surface area contributed by atoms with Gasteiger partial charge in [0.2, 0.25) is 0 Å². The summed E-state index contributed by atoms with van der Waals surface area (Å²) in [5.74, 6) is 1.40. The molecule has 1 saturated heterocycles.